The molecule has 1 aromatic heterocycles. The van der Waals surface area contributed by atoms with E-state index in [1.807, 2.05) is 12.1 Å². The van der Waals surface area contributed by atoms with Crippen molar-refractivity contribution >= 4 is 22.4 Å². The second kappa shape index (κ2) is 5.86. The predicted molar refractivity (Wildman–Crippen MR) is 67.9 cm³/mol. The molecule has 5 nitrogen and oxygen atoms in total. The fourth-order valence-corrected chi connectivity index (χ4v) is 3.19. The maximum Gasteiger partial charge on any atom is 0.211 e. The molecule has 1 fully saturated rings. The van der Waals surface area contributed by atoms with Crippen molar-refractivity contribution in [3.63, 3.8) is 0 Å². The van der Waals surface area contributed by atoms with Crippen LogP contribution in [0.5, 0.6) is 0 Å². The molecule has 1 aliphatic heterocycles. The summed E-state index contributed by atoms with van der Waals surface area (Å²) in [7, 11) is -1.71. The normalized spacial score (nSPS) is 24.5. The Morgan fingerprint density at radius 2 is 2.29 bits per heavy atom. The Hall–Kier alpha value is -0.560. The number of hydrogen-bond acceptors (Lipinski definition) is 4. The van der Waals surface area contributed by atoms with E-state index in [0.29, 0.717) is 6.54 Å². The van der Waals surface area contributed by atoms with Crippen LogP contribution in [0.2, 0.25) is 0 Å². The van der Waals surface area contributed by atoms with Gasteiger partial charge in [-0.2, -0.15) is 0 Å². The lowest BCUT2D eigenvalue weighted by Crippen LogP contribution is -2.29. The van der Waals surface area contributed by atoms with E-state index in [1.165, 1.54) is 7.05 Å². The average molecular weight is 281 g/mol. The van der Waals surface area contributed by atoms with Crippen LogP contribution < -0.4 is 10.0 Å². The molecule has 0 saturated carbocycles. The molecular formula is C10H17ClN2O3S. The predicted octanol–water partition coefficient (Wildman–Crippen LogP) is 0.554. The highest BCUT2D eigenvalue weighted by atomic mass is 35.5. The van der Waals surface area contributed by atoms with Crippen LogP contribution in [-0.4, -0.2) is 34.3 Å². The van der Waals surface area contributed by atoms with E-state index >= 15 is 0 Å². The SMILES string of the molecule is CNS(=O)(=O)CC1CNCC1c1ccco1.Cl. The summed E-state index contributed by atoms with van der Waals surface area (Å²) in [5, 5.41) is 3.21. The molecule has 0 bridgehead atoms. The fourth-order valence-electron chi connectivity index (χ4n) is 2.11. The highest BCUT2D eigenvalue weighted by molar-refractivity contribution is 7.89. The molecule has 2 rings (SSSR count). The summed E-state index contributed by atoms with van der Waals surface area (Å²) >= 11 is 0. The topological polar surface area (TPSA) is 71.3 Å². The Bertz CT molecular complexity index is 432. The maximum absolute atomic E-state index is 11.5. The minimum absolute atomic E-state index is 0. The summed E-state index contributed by atoms with van der Waals surface area (Å²) in [6.07, 6.45) is 1.62. The van der Waals surface area contributed by atoms with Crippen molar-refractivity contribution in [2.45, 2.75) is 5.92 Å². The average Bonchev–Trinajstić information content (AvgIpc) is 2.86. The van der Waals surface area contributed by atoms with Crippen LogP contribution in [0.25, 0.3) is 0 Å². The third kappa shape index (κ3) is 3.45. The van der Waals surface area contributed by atoms with Crippen LogP contribution in [0.4, 0.5) is 0 Å². The zero-order valence-electron chi connectivity index (χ0n) is 9.55. The summed E-state index contributed by atoms with van der Waals surface area (Å²) in [6, 6.07) is 3.73. The summed E-state index contributed by atoms with van der Waals surface area (Å²) < 4.78 is 30.7. The van der Waals surface area contributed by atoms with E-state index in [9.17, 15) is 8.42 Å². The fraction of sp³-hybridized carbons (Fsp3) is 0.600. The highest BCUT2D eigenvalue weighted by Gasteiger charge is 2.33. The minimum atomic E-state index is -3.16. The monoisotopic (exact) mass is 280 g/mol. The highest BCUT2D eigenvalue weighted by Crippen LogP contribution is 2.29. The summed E-state index contributed by atoms with van der Waals surface area (Å²) in [6.45, 7) is 1.49. The van der Waals surface area contributed by atoms with Crippen LogP contribution in [0.1, 0.15) is 11.7 Å². The molecule has 0 aliphatic carbocycles. The molecular weight excluding hydrogens is 264 g/mol. The standard InChI is InChI=1S/C10H16N2O3S.ClH/c1-11-16(13,14)7-8-5-12-6-9(8)10-3-2-4-15-10;/h2-4,8-9,11-12H,5-7H2,1H3;1H. The minimum Gasteiger partial charge on any atom is -0.469 e. The molecule has 17 heavy (non-hydrogen) atoms. The Kier molecular flexibility index (Phi) is 5.00. The van der Waals surface area contributed by atoms with E-state index < -0.39 is 10.0 Å². The van der Waals surface area contributed by atoms with Crippen molar-refractivity contribution in [1.29, 1.82) is 0 Å². The summed E-state index contributed by atoms with van der Waals surface area (Å²) in [5.74, 6) is 1.23. The Balaban J connectivity index is 0.00000144. The summed E-state index contributed by atoms with van der Waals surface area (Å²) in [4.78, 5) is 0. The third-order valence-electron chi connectivity index (χ3n) is 2.99. The first-order valence-corrected chi connectivity index (χ1v) is 6.93. The number of sulfonamides is 1. The van der Waals surface area contributed by atoms with E-state index in [-0.39, 0.29) is 30.0 Å². The largest absolute Gasteiger partial charge is 0.469 e. The van der Waals surface area contributed by atoms with Gasteiger partial charge in [0.25, 0.3) is 0 Å². The van der Waals surface area contributed by atoms with Crippen LogP contribution in [0, 0.1) is 5.92 Å². The second-order valence-corrected chi connectivity index (χ2v) is 6.00. The summed E-state index contributed by atoms with van der Waals surface area (Å²) in [5.41, 5.74) is 0. The van der Waals surface area contributed by atoms with Gasteiger partial charge in [0.05, 0.1) is 12.0 Å². The van der Waals surface area contributed by atoms with Gasteiger partial charge in [-0.15, -0.1) is 12.4 Å². The van der Waals surface area contributed by atoms with Gasteiger partial charge in [-0.1, -0.05) is 0 Å². The van der Waals surface area contributed by atoms with E-state index in [4.69, 9.17) is 4.42 Å². The lowest BCUT2D eigenvalue weighted by Gasteiger charge is -2.15. The van der Waals surface area contributed by atoms with Gasteiger partial charge in [0, 0.05) is 12.5 Å². The molecule has 98 valence electrons. The zero-order valence-corrected chi connectivity index (χ0v) is 11.2. The zero-order chi connectivity index (χ0) is 11.6. The van der Waals surface area contributed by atoms with Crippen LogP contribution >= 0.6 is 12.4 Å². The van der Waals surface area contributed by atoms with Gasteiger partial charge in [-0.05, 0) is 31.6 Å². The molecule has 0 spiro atoms. The van der Waals surface area contributed by atoms with Crippen LogP contribution in [0.3, 0.4) is 0 Å². The first-order chi connectivity index (χ1) is 7.62. The molecule has 2 heterocycles. The van der Waals surface area contributed by atoms with Crippen molar-refractivity contribution in [1.82, 2.24) is 10.0 Å². The molecule has 2 atom stereocenters. The van der Waals surface area contributed by atoms with Crippen LogP contribution in [0.15, 0.2) is 22.8 Å². The van der Waals surface area contributed by atoms with E-state index in [2.05, 4.69) is 10.0 Å². The Morgan fingerprint density at radius 3 is 2.88 bits per heavy atom. The van der Waals surface area contributed by atoms with Gasteiger partial charge in [0.1, 0.15) is 5.76 Å². The van der Waals surface area contributed by atoms with E-state index in [1.54, 1.807) is 6.26 Å². The third-order valence-corrected chi connectivity index (χ3v) is 4.48. The molecule has 1 aromatic rings. The number of halogens is 1. The first kappa shape index (κ1) is 14.5. The van der Waals surface area contributed by atoms with Crippen molar-refractivity contribution in [2.75, 3.05) is 25.9 Å². The maximum atomic E-state index is 11.5. The number of nitrogens with one attached hydrogen (secondary N) is 2. The van der Waals surface area contributed by atoms with Crippen LogP contribution in [-0.2, 0) is 10.0 Å². The van der Waals surface area contributed by atoms with Gasteiger partial charge < -0.3 is 9.73 Å². The Labute approximate surface area is 107 Å². The lowest BCUT2D eigenvalue weighted by atomic mass is 9.95. The Morgan fingerprint density at radius 1 is 1.53 bits per heavy atom. The molecule has 2 N–H and O–H groups in total. The van der Waals surface area contributed by atoms with Gasteiger partial charge in [-0.25, -0.2) is 13.1 Å². The lowest BCUT2D eigenvalue weighted by molar-refractivity contribution is 0.430. The van der Waals surface area contributed by atoms with Crippen molar-refractivity contribution in [3.05, 3.63) is 24.2 Å². The van der Waals surface area contributed by atoms with Gasteiger partial charge in [-0.3, -0.25) is 0 Å². The smallest absolute Gasteiger partial charge is 0.211 e. The molecule has 0 aromatic carbocycles. The number of hydrogen-bond donors (Lipinski definition) is 2. The second-order valence-electron chi connectivity index (χ2n) is 4.03. The molecule has 1 saturated heterocycles. The van der Waals surface area contributed by atoms with Crippen molar-refractivity contribution in [2.24, 2.45) is 5.92 Å². The van der Waals surface area contributed by atoms with Gasteiger partial charge in [0.2, 0.25) is 10.0 Å². The van der Waals surface area contributed by atoms with Gasteiger partial charge in [0.15, 0.2) is 0 Å². The molecule has 2 unspecified atom stereocenters. The first-order valence-electron chi connectivity index (χ1n) is 5.28. The number of furan rings is 1. The van der Waals surface area contributed by atoms with Gasteiger partial charge >= 0.3 is 0 Å². The van der Waals surface area contributed by atoms with Crippen molar-refractivity contribution in [3.8, 4) is 0 Å². The molecule has 0 amide bonds. The van der Waals surface area contributed by atoms with Crippen molar-refractivity contribution < 1.29 is 12.8 Å². The molecule has 1 aliphatic rings. The molecule has 7 heteroatoms. The van der Waals surface area contributed by atoms with E-state index in [0.717, 1.165) is 12.3 Å². The number of rotatable bonds is 4. The molecule has 0 radical (unpaired) electrons. The quantitative estimate of drug-likeness (QED) is 0.845.